The molecule has 0 bridgehead atoms. The van der Waals surface area contributed by atoms with Crippen molar-refractivity contribution in [1.29, 1.82) is 0 Å². The van der Waals surface area contributed by atoms with E-state index in [0.29, 0.717) is 6.61 Å². The van der Waals surface area contributed by atoms with Gasteiger partial charge in [-0.25, -0.2) is 0 Å². The van der Waals surface area contributed by atoms with E-state index < -0.39 is 6.10 Å². The van der Waals surface area contributed by atoms with Gasteiger partial charge in [0.05, 0.1) is 13.0 Å². The zero-order valence-electron chi connectivity index (χ0n) is 7.62. The van der Waals surface area contributed by atoms with Gasteiger partial charge < -0.3 is 9.47 Å². The van der Waals surface area contributed by atoms with E-state index in [1.54, 1.807) is 13.8 Å². The summed E-state index contributed by atoms with van der Waals surface area (Å²) in [5.74, 6) is -0.724. The second-order valence-corrected chi connectivity index (χ2v) is 2.43. The van der Waals surface area contributed by atoms with E-state index in [0.717, 1.165) is 0 Å². The Labute approximate surface area is 71.8 Å². The Balaban J connectivity index is 3.61. The number of carbonyl (C=O) groups excluding carboxylic acids is 2. The molecule has 0 aromatic carbocycles. The number of esters is 2. The van der Waals surface area contributed by atoms with Crippen LogP contribution in [0.1, 0.15) is 27.2 Å². The molecule has 0 aliphatic rings. The molecule has 0 heterocycles. The van der Waals surface area contributed by atoms with Crippen LogP contribution in [0.2, 0.25) is 0 Å². The summed E-state index contributed by atoms with van der Waals surface area (Å²) in [7, 11) is 0. The average Bonchev–Trinajstić information content (AvgIpc) is 1.84. The lowest BCUT2D eigenvalue weighted by Crippen LogP contribution is -2.18. The SMILES string of the molecule is CCOC(=O)C[C@@H](C)OC(C)=O. The molecule has 0 spiro atoms. The maximum absolute atomic E-state index is 10.8. The van der Waals surface area contributed by atoms with Crippen molar-refractivity contribution in [3.05, 3.63) is 0 Å². The minimum Gasteiger partial charge on any atom is -0.466 e. The molecule has 4 nitrogen and oxygen atoms in total. The fourth-order valence-electron chi connectivity index (χ4n) is 0.780. The molecule has 0 aromatic heterocycles. The average molecular weight is 174 g/mol. The largest absolute Gasteiger partial charge is 0.466 e. The normalized spacial score (nSPS) is 11.9. The molecule has 0 amide bonds. The highest BCUT2D eigenvalue weighted by atomic mass is 16.6. The summed E-state index contributed by atoms with van der Waals surface area (Å²) in [4.78, 5) is 21.2. The second-order valence-electron chi connectivity index (χ2n) is 2.43. The number of hydrogen-bond donors (Lipinski definition) is 0. The third kappa shape index (κ3) is 5.70. The summed E-state index contributed by atoms with van der Waals surface area (Å²) >= 11 is 0. The molecule has 1 atom stereocenters. The van der Waals surface area contributed by atoms with Crippen LogP contribution < -0.4 is 0 Å². The van der Waals surface area contributed by atoms with Gasteiger partial charge in [0.2, 0.25) is 0 Å². The molecule has 0 unspecified atom stereocenters. The lowest BCUT2D eigenvalue weighted by molar-refractivity contribution is -0.152. The molecule has 0 N–H and O–H groups in total. The summed E-state index contributed by atoms with van der Waals surface area (Å²) in [5, 5.41) is 0. The third-order valence-corrected chi connectivity index (χ3v) is 1.13. The number of rotatable bonds is 4. The Morgan fingerprint density at radius 2 is 2.00 bits per heavy atom. The first-order chi connectivity index (χ1) is 5.56. The van der Waals surface area contributed by atoms with Crippen molar-refractivity contribution in [3.8, 4) is 0 Å². The first-order valence-corrected chi connectivity index (χ1v) is 3.89. The minimum absolute atomic E-state index is 0.118. The molecular weight excluding hydrogens is 160 g/mol. The van der Waals surface area contributed by atoms with Crippen LogP contribution in [-0.2, 0) is 19.1 Å². The molecule has 70 valence electrons. The Bertz CT molecular complexity index is 164. The summed E-state index contributed by atoms with van der Waals surface area (Å²) in [6.45, 7) is 5.04. The van der Waals surface area contributed by atoms with Crippen LogP contribution in [0.15, 0.2) is 0 Å². The van der Waals surface area contributed by atoms with Gasteiger partial charge in [-0.1, -0.05) is 0 Å². The molecular formula is C8H14O4. The number of hydrogen-bond acceptors (Lipinski definition) is 4. The van der Waals surface area contributed by atoms with Crippen LogP contribution in [0.5, 0.6) is 0 Å². The van der Waals surface area contributed by atoms with Crippen molar-refractivity contribution in [2.75, 3.05) is 6.61 Å². The highest BCUT2D eigenvalue weighted by molar-refractivity contribution is 5.71. The lowest BCUT2D eigenvalue weighted by atomic mass is 10.3. The van der Waals surface area contributed by atoms with Crippen molar-refractivity contribution in [1.82, 2.24) is 0 Å². The quantitative estimate of drug-likeness (QED) is 0.594. The predicted octanol–water partition coefficient (Wildman–Crippen LogP) is 0.891. The second kappa shape index (κ2) is 5.57. The molecule has 4 heteroatoms. The molecule has 0 aliphatic heterocycles. The zero-order valence-corrected chi connectivity index (χ0v) is 7.62. The highest BCUT2D eigenvalue weighted by Gasteiger charge is 2.11. The standard InChI is InChI=1S/C8H14O4/c1-4-11-8(10)5-6(2)12-7(3)9/h6H,4-5H2,1-3H3/t6-/m1/s1. The Morgan fingerprint density at radius 1 is 1.42 bits per heavy atom. The van der Waals surface area contributed by atoms with Crippen molar-refractivity contribution in [2.24, 2.45) is 0 Å². The van der Waals surface area contributed by atoms with E-state index >= 15 is 0 Å². The van der Waals surface area contributed by atoms with Gasteiger partial charge >= 0.3 is 11.9 Å². The van der Waals surface area contributed by atoms with E-state index in [9.17, 15) is 9.59 Å². The van der Waals surface area contributed by atoms with E-state index in [1.165, 1.54) is 6.92 Å². The topological polar surface area (TPSA) is 52.6 Å². The zero-order chi connectivity index (χ0) is 9.56. The molecule has 0 rings (SSSR count). The molecule has 0 saturated heterocycles. The van der Waals surface area contributed by atoms with E-state index in [-0.39, 0.29) is 18.4 Å². The summed E-state index contributed by atoms with van der Waals surface area (Å²) in [6.07, 6.45) is -0.283. The molecule has 12 heavy (non-hydrogen) atoms. The first kappa shape index (κ1) is 10.9. The van der Waals surface area contributed by atoms with E-state index in [4.69, 9.17) is 4.74 Å². The Kier molecular flexibility index (Phi) is 5.08. The summed E-state index contributed by atoms with van der Waals surface area (Å²) in [6, 6.07) is 0. The van der Waals surface area contributed by atoms with Crippen LogP contribution in [-0.4, -0.2) is 24.6 Å². The van der Waals surface area contributed by atoms with Crippen molar-refractivity contribution in [2.45, 2.75) is 33.3 Å². The van der Waals surface area contributed by atoms with Gasteiger partial charge in [0.1, 0.15) is 6.10 Å². The Hall–Kier alpha value is -1.06. The van der Waals surface area contributed by atoms with Crippen molar-refractivity contribution >= 4 is 11.9 Å². The third-order valence-electron chi connectivity index (χ3n) is 1.13. The van der Waals surface area contributed by atoms with Crippen LogP contribution >= 0.6 is 0 Å². The van der Waals surface area contributed by atoms with Gasteiger partial charge in [-0.05, 0) is 13.8 Å². The van der Waals surface area contributed by atoms with E-state index in [2.05, 4.69) is 4.74 Å². The van der Waals surface area contributed by atoms with Gasteiger partial charge in [0, 0.05) is 6.92 Å². The minimum atomic E-state index is -0.401. The number of carbonyl (C=O) groups is 2. The summed E-state index contributed by atoms with van der Waals surface area (Å²) in [5.41, 5.74) is 0. The smallest absolute Gasteiger partial charge is 0.309 e. The van der Waals surface area contributed by atoms with Crippen molar-refractivity contribution in [3.63, 3.8) is 0 Å². The first-order valence-electron chi connectivity index (χ1n) is 3.89. The predicted molar refractivity (Wildman–Crippen MR) is 42.5 cm³/mol. The molecule has 0 fully saturated rings. The molecule has 0 aliphatic carbocycles. The maximum atomic E-state index is 10.8. The van der Waals surface area contributed by atoms with Gasteiger partial charge in [0.15, 0.2) is 0 Å². The highest BCUT2D eigenvalue weighted by Crippen LogP contribution is 1.99. The van der Waals surface area contributed by atoms with Gasteiger partial charge in [-0.2, -0.15) is 0 Å². The lowest BCUT2D eigenvalue weighted by Gasteiger charge is -2.10. The molecule has 0 radical (unpaired) electrons. The molecule has 0 aromatic rings. The van der Waals surface area contributed by atoms with Crippen LogP contribution in [0.4, 0.5) is 0 Å². The van der Waals surface area contributed by atoms with Crippen molar-refractivity contribution < 1.29 is 19.1 Å². The molecule has 0 saturated carbocycles. The van der Waals surface area contributed by atoms with Gasteiger partial charge in [-0.3, -0.25) is 9.59 Å². The van der Waals surface area contributed by atoms with Crippen LogP contribution in [0, 0.1) is 0 Å². The fraction of sp³-hybridized carbons (Fsp3) is 0.750. The summed E-state index contributed by atoms with van der Waals surface area (Å²) < 4.78 is 9.39. The van der Waals surface area contributed by atoms with Crippen LogP contribution in [0.25, 0.3) is 0 Å². The number of ether oxygens (including phenoxy) is 2. The van der Waals surface area contributed by atoms with Gasteiger partial charge in [0.25, 0.3) is 0 Å². The van der Waals surface area contributed by atoms with Crippen LogP contribution in [0.3, 0.4) is 0 Å². The van der Waals surface area contributed by atoms with Gasteiger partial charge in [-0.15, -0.1) is 0 Å². The Morgan fingerprint density at radius 3 is 2.42 bits per heavy atom. The van der Waals surface area contributed by atoms with E-state index in [1.807, 2.05) is 0 Å². The maximum Gasteiger partial charge on any atom is 0.309 e. The fourth-order valence-corrected chi connectivity index (χ4v) is 0.780. The monoisotopic (exact) mass is 174 g/mol.